The molecule has 0 unspecified atom stereocenters. The summed E-state index contributed by atoms with van der Waals surface area (Å²) in [7, 11) is 0. The second-order valence-corrected chi connectivity index (χ2v) is 3.98. The zero-order valence-electron chi connectivity index (χ0n) is 7.61. The van der Waals surface area contributed by atoms with Gasteiger partial charge >= 0.3 is 0 Å². The summed E-state index contributed by atoms with van der Waals surface area (Å²) in [5.74, 6) is 0.931. The molecular formula is C9H11NO2S. The molecule has 0 spiro atoms. The minimum atomic E-state index is -0.338. The van der Waals surface area contributed by atoms with Crippen LogP contribution in [0.4, 0.5) is 5.69 Å². The molecule has 0 fully saturated rings. The molecule has 0 aliphatic carbocycles. The first-order valence-corrected chi connectivity index (χ1v) is 5.01. The summed E-state index contributed by atoms with van der Waals surface area (Å²) in [6.45, 7) is 3.77. The molecule has 0 saturated carbocycles. The molecule has 0 radical (unpaired) electrons. The van der Waals surface area contributed by atoms with Gasteiger partial charge < -0.3 is 0 Å². The summed E-state index contributed by atoms with van der Waals surface area (Å²) in [5.41, 5.74) is 0.920. The van der Waals surface area contributed by atoms with Crippen molar-refractivity contribution in [2.75, 3.05) is 5.75 Å². The minimum Gasteiger partial charge on any atom is -0.258 e. The molecule has 1 aromatic carbocycles. The average molecular weight is 197 g/mol. The number of benzene rings is 1. The highest BCUT2D eigenvalue weighted by Gasteiger charge is 2.10. The highest BCUT2D eigenvalue weighted by atomic mass is 32.2. The van der Waals surface area contributed by atoms with Gasteiger partial charge in [-0.05, 0) is 18.7 Å². The molecule has 0 aromatic heterocycles. The van der Waals surface area contributed by atoms with Gasteiger partial charge in [0.1, 0.15) is 0 Å². The van der Waals surface area contributed by atoms with Crippen LogP contribution in [0.3, 0.4) is 0 Å². The number of hydrogen-bond acceptors (Lipinski definition) is 3. The lowest BCUT2D eigenvalue weighted by molar-refractivity contribution is -0.385. The van der Waals surface area contributed by atoms with Crippen LogP contribution in [0.5, 0.6) is 0 Å². The van der Waals surface area contributed by atoms with Gasteiger partial charge in [-0.15, -0.1) is 11.8 Å². The van der Waals surface area contributed by atoms with Gasteiger partial charge in [0.25, 0.3) is 5.69 Å². The molecule has 0 aliphatic rings. The highest BCUT2D eigenvalue weighted by Crippen LogP contribution is 2.25. The SMILES string of the molecule is CCSc1ccc(C)c([N+](=O)[O-])c1. The average Bonchev–Trinajstić information content (AvgIpc) is 2.08. The van der Waals surface area contributed by atoms with Crippen molar-refractivity contribution in [2.24, 2.45) is 0 Å². The molecule has 0 aliphatic heterocycles. The molecule has 70 valence electrons. The maximum Gasteiger partial charge on any atom is 0.273 e. The topological polar surface area (TPSA) is 43.1 Å². The number of hydrogen-bond donors (Lipinski definition) is 0. The van der Waals surface area contributed by atoms with Gasteiger partial charge in [-0.2, -0.15) is 0 Å². The largest absolute Gasteiger partial charge is 0.273 e. The Labute approximate surface area is 81.3 Å². The van der Waals surface area contributed by atoms with Gasteiger partial charge in [-0.1, -0.05) is 13.0 Å². The third kappa shape index (κ3) is 2.45. The molecule has 0 amide bonds. The van der Waals surface area contributed by atoms with E-state index in [4.69, 9.17) is 0 Å². The van der Waals surface area contributed by atoms with Crippen molar-refractivity contribution in [1.82, 2.24) is 0 Å². The monoisotopic (exact) mass is 197 g/mol. The number of nitro groups is 1. The van der Waals surface area contributed by atoms with Crippen LogP contribution in [0, 0.1) is 17.0 Å². The fourth-order valence-electron chi connectivity index (χ4n) is 1.04. The molecule has 0 bridgehead atoms. The van der Waals surface area contributed by atoms with E-state index in [2.05, 4.69) is 0 Å². The van der Waals surface area contributed by atoms with Crippen molar-refractivity contribution in [3.8, 4) is 0 Å². The van der Waals surface area contributed by atoms with E-state index in [9.17, 15) is 10.1 Å². The van der Waals surface area contributed by atoms with Gasteiger partial charge in [0, 0.05) is 16.5 Å². The first-order valence-electron chi connectivity index (χ1n) is 4.03. The molecule has 1 aromatic rings. The summed E-state index contributed by atoms with van der Waals surface area (Å²) in [6, 6.07) is 5.33. The Balaban J connectivity index is 3.04. The smallest absolute Gasteiger partial charge is 0.258 e. The Kier molecular flexibility index (Phi) is 3.31. The van der Waals surface area contributed by atoms with E-state index in [1.807, 2.05) is 13.0 Å². The predicted molar refractivity (Wildman–Crippen MR) is 54.2 cm³/mol. The molecule has 0 saturated heterocycles. The maximum absolute atomic E-state index is 10.6. The Bertz CT molecular complexity index is 325. The number of aryl methyl sites for hydroxylation is 1. The first kappa shape index (κ1) is 10.1. The summed E-state index contributed by atoms with van der Waals surface area (Å²) >= 11 is 1.61. The Morgan fingerprint density at radius 1 is 1.54 bits per heavy atom. The molecular weight excluding hydrogens is 186 g/mol. The van der Waals surface area contributed by atoms with Crippen LogP contribution in [-0.4, -0.2) is 10.7 Å². The van der Waals surface area contributed by atoms with Crippen LogP contribution in [0.25, 0.3) is 0 Å². The van der Waals surface area contributed by atoms with Gasteiger partial charge in [-0.25, -0.2) is 0 Å². The van der Waals surface area contributed by atoms with Gasteiger partial charge in [-0.3, -0.25) is 10.1 Å². The van der Waals surface area contributed by atoms with Crippen molar-refractivity contribution >= 4 is 17.4 Å². The van der Waals surface area contributed by atoms with E-state index in [0.29, 0.717) is 5.56 Å². The van der Waals surface area contributed by atoms with E-state index in [1.165, 1.54) is 0 Å². The fraction of sp³-hybridized carbons (Fsp3) is 0.333. The standard InChI is InChI=1S/C9H11NO2S/c1-3-13-8-5-4-7(2)9(6-8)10(11)12/h4-6H,3H2,1-2H3. The molecule has 0 atom stereocenters. The van der Waals surface area contributed by atoms with E-state index >= 15 is 0 Å². The Hall–Kier alpha value is -1.03. The van der Waals surface area contributed by atoms with Crippen LogP contribution in [0.2, 0.25) is 0 Å². The van der Waals surface area contributed by atoms with E-state index in [0.717, 1.165) is 10.6 Å². The highest BCUT2D eigenvalue weighted by molar-refractivity contribution is 7.99. The van der Waals surface area contributed by atoms with E-state index in [1.54, 1.807) is 30.8 Å². The number of nitro benzene ring substituents is 1. The third-order valence-electron chi connectivity index (χ3n) is 1.69. The lowest BCUT2D eigenvalue weighted by Gasteiger charge is -2.00. The Morgan fingerprint density at radius 3 is 2.77 bits per heavy atom. The number of rotatable bonds is 3. The summed E-state index contributed by atoms with van der Waals surface area (Å²) in [5, 5.41) is 10.6. The van der Waals surface area contributed by atoms with Crippen LogP contribution in [0.1, 0.15) is 12.5 Å². The molecule has 0 N–H and O–H groups in total. The first-order chi connectivity index (χ1) is 6.15. The second-order valence-electron chi connectivity index (χ2n) is 2.64. The van der Waals surface area contributed by atoms with Gasteiger partial charge in [0.15, 0.2) is 0 Å². The number of nitrogens with zero attached hydrogens (tertiary/aromatic N) is 1. The lowest BCUT2D eigenvalue weighted by atomic mass is 10.2. The quantitative estimate of drug-likeness (QED) is 0.425. The van der Waals surface area contributed by atoms with Crippen LogP contribution in [-0.2, 0) is 0 Å². The van der Waals surface area contributed by atoms with Crippen molar-refractivity contribution in [3.63, 3.8) is 0 Å². The van der Waals surface area contributed by atoms with E-state index < -0.39 is 0 Å². The predicted octanol–water partition coefficient (Wildman–Crippen LogP) is 3.02. The van der Waals surface area contributed by atoms with Crippen molar-refractivity contribution < 1.29 is 4.92 Å². The van der Waals surface area contributed by atoms with E-state index in [-0.39, 0.29) is 10.6 Å². The van der Waals surface area contributed by atoms with Gasteiger partial charge in [0.2, 0.25) is 0 Å². The second kappa shape index (κ2) is 4.28. The lowest BCUT2D eigenvalue weighted by Crippen LogP contribution is -1.91. The van der Waals surface area contributed by atoms with Crippen LogP contribution in [0.15, 0.2) is 23.1 Å². The summed E-state index contributed by atoms with van der Waals surface area (Å²) < 4.78 is 0. The third-order valence-corrected chi connectivity index (χ3v) is 2.56. The maximum atomic E-state index is 10.6. The molecule has 4 heteroatoms. The van der Waals surface area contributed by atoms with Crippen molar-refractivity contribution in [2.45, 2.75) is 18.7 Å². The zero-order chi connectivity index (χ0) is 9.84. The zero-order valence-corrected chi connectivity index (χ0v) is 8.43. The fourth-order valence-corrected chi connectivity index (χ4v) is 1.73. The Morgan fingerprint density at radius 2 is 2.23 bits per heavy atom. The molecule has 3 nitrogen and oxygen atoms in total. The van der Waals surface area contributed by atoms with Crippen molar-refractivity contribution in [1.29, 1.82) is 0 Å². The molecule has 13 heavy (non-hydrogen) atoms. The summed E-state index contributed by atoms with van der Waals surface area (Å²) in [4.78, 5) is 11.2. The normalized spacial score (nSPS) is 10.0. The number of thioether (sulfide) groups is 1. The van der Waals surface area contributed by atoms with Crippen LogP contribution < -0.4 is 0 Å². The minimum absolute atomic E-state index is 0.207. The van der Waals surface area contributed by atoms with Crippen molar-refractivity contribution in [3.05, 3.63) is 33.9 Å². The molecule has 0 heterocycles. The van der Waals surface area contributed by atoms with Gasteiger partial charge in [0.05, 0.1) is 4.92 Å². The summed E-state index contributed by atoms with van der Waals surface area (Å²) in [6.07, 6.45) is 0. The molecule has 1 rings (SSSR count). The van der Waals surface area contributed by atoms with Crippen LogP contribution >= 0.6 is 11.8 Å².